The summed E-state index contributed by atoms with van der Waals surface area (Å²) in [4.78, 5) is 11.9. The predicted octanol–water partition coefficient (Wildman–Crippen LogP) is 1.62. The van der Waals surface area contributed by atoms with E-state index in [1.165, 1.54) is 0 Å². The number of hydrogen-bond acceptors (Lipinski definition) is 4. The molecule has 0 unspecified atom stereocenters. The standard InChI is InChI=1S/C13H16N4O2/c1-3-19-12-7-5-4-6-11(12)15-13(18)9-17-10(2)8-14-16-17/h4-8H,3,9H2,1-2H3,(H,15,18). The molecule has 0 saturated heterocycles. The maximum absolute atomic E-state index is 11.9. The van der Waals surface area contributed by atoms with Gasteiger partial charge in [0.2, 0.25) is 5.91 Å². The van der Waals surface area contributed by atoms with E-state index in [0.29, 0.717) is 18.0 Å². The second-order valence-corrected chi connectivity index (χ2v) is 4.01. The molecule has 6 heteroatoms. The summed E-state index contributed by atoms with van der Waals surface area (Å²) in [6.45, 7) is 4.43. The van der Waals surface area contributed by atoms with Crippen LogP contribution in [0.25, 0.3) is 0 Å². The maximum Gasteiger partial charge on any atom is 0.246 e. The number of aromatic nitrogens is 3. The first kappa shape index (κ1) is 13.1. The van der Waals surface area contributed by atoms with Gasteiger partial charge in [0.1, 0.15) is 12.3 Å². The molecule has 1 aromatic carbocycles. The molecule has 0 atom stereocenters. The Bertz CT molecular complexity index is 565. The summed E-state index contributed by atoms with van der Waals surface area (Å²) in [5.41, 5.74) is 1.50. The van der Waals surface area contributed by atoms with E-state index in [1.54, 1.807) is 16.9 Å². The molecule has 0 aliphatic rings. The van der Waals surface area contributed by atoms with E-state index >= 15 is 0 Å². The Morgan fingerprint density at radius 3 is 2.89 bits per heavy atom. The van der Waals surface area contributed by atoms with Crippen LogP contribution in [-0.2, 0) is 11.3 Å². The Kier molecular flexibility index (Phi) is 4.12. The zero-order chi connectivity index (χ0) is 13.7. The van der Waals surface area contributed by atoms with E-state index in [2.05, 4.69) is 15.6 Å². The third-order valence-electron chi connectivity index (χ3n) is 2.57. The second kappa shape index (κ2) is 5.99. The lowest BCUT2D eigenvalue weighted by Crippen LogP contribution is -2.20. The van der Waals surface area contributed by atoms with E-state index < -0.39 is 0 Å². The Labute approximate surface area is 111 Å². The Balaban J connectivity index is 2.05. The molecule has 1 amide bonds. The molecule has 0 fully saturated rings. The highest BCUT2D eigenvalue weighted by molar-refractivity contribution is 5.92. The number of amides is 1. The summed E-state index contributed by atoms with van der Waals surface area (Å²) in [6.07, 6.45) is 1.61. The fraction of sp³-hybridized carbons (Fsp3) is 0.308. The van der Waals surface area contributed by atoms with Crippen molar-refractivity contribution in [1.82, 2.24) is 15.0 Å². The molecule has 0 aliphatic heterocycles. The van der Waals surface area contributed by atoms with Crippen molar-refractivity contribution in [2.45, 2.75) is 20.4 Å². The summed E-state index contributed by atoms with van der Waals surface area (Å²) < 4.78 is 6.99. The molecule has 6 nitrogen and oxygen atoms in total. The molecule has 2 rings (SSSR count). The number of para-hydroxylation sites is 2. The maximum atomic E-state index is 11.9. The first-order chi connectivity index (χ1) is 9.20. The van der Waals surface area contributed by atoms with Gasteiger partial charge in [-0.25, -0.2) is 4.68 Å². The van der Waals surface area contributed by atoms with Gasteiger partial charge in [-0.05, 0) is 26.0 Å². The zero-order valence-corrected chi connectivity index (χ0v) is 11.0. The number of benzene rings is 1. The number of hydrogen-bond donors (Lipinski definition) is 1. The van der Waals surface area contributed by atoms with E-state index in [4.69, 9.17) is 4.74 Å². The summed E-state index contributed by atoms with van der Waals surface area (Å²) in [5, 5.41) is 10.4. The normalized spacial score (nSPS) is 10.2. The van der Waals surface area contributed by atoms with Crippen molar-refractivity contribution in [1.29, 1.82) is 0 Å². The first-order valence-electron chi connectivity index (χ1n) is 6.07. The third kappa shape index (κ3) is 3.31. The summed E-state index contributed by atoms with van der Waals surface area (Å²) in [5.74, 6) is 0.495. The fourth-order valence-corrected chi connectivity index (χ4v) is 1.64. The van der Waals surface area contributed by atoms with E-state index in [0.717, 1.165) is 5.69 Å². The monoisotopic (exact) mass is 260 g/mol. The van der Waals surface area contributed by atoms with Gasteiger partial charge in [0.05, 0.1) is 24.2 Å². The van der Waals surface area contributed by atoms with Crippen LogP contribution in [0.15, 0.2) is 30.5 Å². The van der Waals surface area contributed by atoms with Crippen molar-refractivity contribution < 1.29 is 9.53 Å². The van der Waals surface area contributed by atoms with E-state index in [9.17, 15) is 4.79 Å². The van der Waals surface area contributed by atoms with Gasteiger partial charge in [-0.3, -0.25) is 4.79 Å². The average Bonchev–Trinajstić information content (AvgIpc) is 2.78. The topological polar surface area (TPSA) is 69.0 Å². The molecule has 19 heavy (non-hydrogen) atoms. The van der Waals surface area contributed by atoms with Crippen molar-refractivity contribution in [3.8, 4) is 5.75 Å². The smallest absolute Gasteiger partial charge is 0.246 e. The highest BCUT2D eigenvalue weighted by Gasteiger charge is 2.09. The molecule has 0 aliphatic carbocycles. The molecule has 0 radical (unpaired) electrons. The van der Waals surface area contributed by atoms with Crippen LogP contribution in [0, 0.1) is 6.92 Å². The van der Waals surface area contributed by atoms with Gasteiger partial charge in [0, 0.05) is 0 Å². The number of ether oxygens (including phenoxy) is 1. The number of nitrogens with zero attached hydrogens (tertiary/aromatic N) is 3. The molecule has 1 aromatic heterocycles. The van der Waals surface area contributed by atoms with Gasteiger partial charge in [-0.2, -0.15) is 0 Å². The van der Waals surface area contributed by atoms with Crippen LogP contribution in [0.2, 0.25) is 0 Å². The molecular weight excluding hydrogens is 244 g/mol. The Hall–Kier alpha value is -2.37. The van der Waals surface area contributed by atoms with Gasteiger partial charge in [0.25, 0.3) is 0 Å². The highest BCUT2D eigenvalue weighted by Crippen LogP contribution is 2.23. The van der Waals surface area contributed by atoms with Crippen molar-refractivity contribution in [3.63, 3.8) is 0 Å². The molecule has 0 bridgehead atoms. The number of carbonyl (C=O) groups excluding carboxylic acids is 1. The molecule has 2 aromatic rings. The molecule has 1 heterocycles. The van der Waals surface area contributed by atoms with Gasteiger partial charge < -0.3 is 10.1 Å². The molecule has 0 spiro atoms. The van der Waals surface area contributed by atoms with Crippen molar-refractivity contribution in [3.05, 3.63) is 36.2 Å². The van der Waals surface area contributed by atoms with Crippen molar-refractivity contribution >= 4 is 11.6 Å². The third-order valence-corrected chi connectivity index (χ3v) is 2.57. The molecular formula is C13H16N4O2. The SMILES string of the molecule is CCOc1ccccc1NC(=O)Cn1nncc1C. The Morgan fingerprint density at radius 2 is 2.21 bits per heavy atom. The predicted molar refractivity (Wildman–Crippen MR) is 71.0 cm³/mol. The molecule has 100 valence electrons. The number of carbonyl (C=O) groups is 1. The molecule has 1 N–H and O–H groups in total. The van der Waals surface area contributed by atoms with Crippen LogP contribution < -0.4 is 10.1 Å². The summed E-state index contributed by atoms with van der Waals surface area (Å²) in [7, 11) is 0. The van der Waals surface area contributed by atoms with Crippen molar-refractivity contribution in [2.75, 3.05) is 11.9 Å². The molecule has 0 saturated carbocycles. The van der Waals surface area contributed by atoms with E-state index in [1.807, 2.05) is 32.0 Å². The average molecular weight is 260 g/mol. The summed E-state index contributed by atoms with van der Waals surface area (Å²) >= 11 is 0. The lowest BCUT2D eigenvalue weighted by Gasteiger charge is -2.11. The van der Waals surface area contributed by atoms with Crippen LogP contribution in [0.3, 0.4) is 0 Å². The lowest BCUT2D eigenvalue weighted by atomic mass is 10.3. The van der Waals surface area contributed by atoms with Crippen molar-refractivity contribution in [2.24, 2.45) is 0 Å². The van der Waals surface area contributed by atoms with E-state index in [-0.39, 0.29) is 12.5 Å². The largest absolute Gasteiger partial charge is 0.492 e. The van der Waals surface area contributed by atoms with Crippen LogP contribution in [-0.4, -0.2) is 27.5 Å². The van der Waals surface area contributed by atoms with Gasteiger partial charge in [0.15, 0.2) is 0 Å². The number of anilines is 1. The minimum absolute atomic E-state index is 0.131. The van der Waals surface area contributed by atoms with Crippen LogP contribution in [0.1, 0.15) is 12.6 Å². The number of rotatable bonds is 5. The first-order valence-corrected chi connectivity index (χ1v) is 6.07. The van der Waals surface area contributed by atoms with Crippen LogP contribution >= 0.6 is 0 Å². The minimum Gasteiger partial charge on any atom is -0.492 e. The van der Waals surface area contributed by atoms with Gasteiger partial charge >= 0.3 is 0 Å². The van der Waals surface area contributed by atoms with Gasteiger partial charge in [-0.1, -0.05) is 17.3 Å². The minimum atomic E-state index is -0.166. The van der Waals surface area contributed by atoms with Crippen LogP contribution in [0.4, 0.5) is 5.69 Å². The van der Waals surface area contributed by atoms with Gasteiger partial charge in [-0.15, -0.1) is 5.10 Å². The summed E-state index contributed by atoms with van der Waals surface area (Å²) in [6, 6.07) is 7.33. The quantitative estimate of drug-likeness (QED) is 0.887. The number of nitrogens with one attached hydrogen (secondary N) is 1. The second-order valence-electron chi connectivity index (χ2n) is 4.01. The Morgan fingerprint density at radius 1 is 1.42 bits per heavy atom. The number of aryl methyl sites for hydroxylation is 1. The fourth-order valence-electron chi connectivity index (χ4n) is 1.64. The zero-order valence-electron chi connectivity index (χ0n) is 11.0. The highest BCUT2D eigenvalue weighted by atomic mass is 16.5. The van der Waals surface area contributed by atoms with Crippen LogP contribution in [0.5, 0.6) is 5.75 Å². The lowest BCUT2D eigenvalue weighted by molar-refractivity contribution is -0.117.